The fourth-order valence-corrected chi connectivity index (χ4v) is 4.70. The number of piperazine rings is 1. The number of aryl methyl sites for hydroxylation is 1. The molecule has 208 valence electrons. The summed E-state index contributed by atoms with van der Waals surface area (Å²) in [7, 11) is 0. The normalized spacial score (nSPS) is 17.5. The second-order valence-corrected chi connectivity index (χ2v) is 9.61. The number of esters is 1. The van der Waals surface area contributed by atoms with E-state index >= 15 is 0 Å². The zero-order valence-electron chi connectivity index (χ0n) is 22.0. The number of hydrogen-bond acceptors (Lipinski definition) is 3. The Balaban J connectivity index is 1.67. The van der Waals surface area contributed by atoms with Gasteiger partial charge in [-0.2, -0.15) is 17.7 Å². The van der Waals surface area contributed by atoms with Gasteiger partial charge in [0.05, 0.1) is 11.6 Å². The molecule has 0 spiro atoms. The number of rotatable bonds is 8. The van der Waals surface area contributed by atoms with Gasteiger partial charge in [-0.15, -0.1) is 0 Å². The number of nitrogens with zero attached hydrogens (tertiary/aromatic N) is 2. The Morgan fingerprint density at radius 2 is 1.68 bits per heavy atom. The SMILES string of the molecule is CC(=O)OC=C(C(O)=[N+]1CC(=O)N(Cc2cccc(C(F)(F)F)c2)[C@@H](CCc2ccccc2)C1)c1ccccc1. The smallest absolute Gasteiger partial charge is 0.416 e. The van der Waals surface area contributed by atoms with Gasteiger partial charge in [-0.1, -0.05) is 72.8 Å². The molecule has 4 rings (SSSR count). The van der Waals surface area contributed by atoms with Gasteiger partial charge in [0.1, 0.15) is 11.8 Å². The molecule has 0 bridgehead atoms. The molecular weight excluding hydrogens is 521 g/mol. The highest BCUT2D eigenvalue weighted by Crippen LogP contribution is 2.30. The summed E-state index contributed by atoms with van der Waals surface area (Å²) in [4.78, 5) is 26.6. The molecule has 1 aliphatic heterocycles. The van der Waals surface area contributed by atoms with Crippen LogP contribution in [-0.2, 0) is 33.5 Å². The van der Waals surface area contributed by atoms with Crippen LogP contribution < -0.4 is 0 Å². The molecule has 1 saturated heterocycles. The molecule has 40 heavy (non-hydrogen) atoms. The van der Waals surface area contributed by atoms with Crippen molar-refractivity contribution in [2.75, 3.05) is 13.1 Å². The molecule has 6 nitrogen and oxygen atoms in total. The van der Waals surface area contributed by atoms with E-state index in [1.807, 2.05) is 30.3 Å². The zero-order chi connectivity index (χ0) is 28.7. The van der Waals surface area contributed by atoms with E-state index in [0.29, 0.717) is 24.0 Å². The highest BCUT2D eigenvalue weighted by molar-refractivity contribution is 6.16. The van der Waals surface area contributed by atoms with Gasteiger partial charge in [-0.3, -0.25) is 9.59 Å². The summed E-state index contributed by atoms with van der Waals surface area (Å²) in [5, 5.41) is 11.3. The summed E-state index contributed by atoms with van der Waals surface area (Å²) in [6, 6.07) is 23.1. The van der Waals surface area contributed by atoms with Crippen LogP contribution >= 0.6 is 0 Å². The lowest BCUT2D eigenvalue weighted by atomic mass is 10.00. The highest BCUT2D eigenvalue weighted by atomic mass is 19.4. The van der Waals surface area contributed by atoms with Crippen LogP contribution in [0.3, 0.4) is 0 Å². The Kier molecular flexibility index (Phi) is 9.04. The summed E-state index contributed by atoms with van der Waals surface area (Å²) >= 11 is 0. The number of carbonyl (C=O) groups excluding carboxylic acids is 2. The van der Waals surface area contributed by atoms with Crippen LogP contribution in [0, 0.1) is 0 Å². The van der Waals surface area contributed by atoms with Crippen LogP contribution in [0.4, 0.5) is 13.2 Å². The zero-order valence-corrected chi connectivity index (χ0v) is 22.0. The minimum atomic E-state index is -4.49. The van der Waals surface area contributed by atoms with Crippen LogP contribution in [0.15, 0.2) is 91.2 Å². The summed E-state index contributed by atoms with van der Waals surface area (Å²) in [5.41, 5.74) is 1.47. The lowest BCUT2D eigenvalue weighted by Gasteiger charge is -2.34. The van der Waals surface area contributed by atoms with Crippen molar-refractivity contribution < 1.29 is 37.2 Å². The van der Waals surface area contributed by atoms with E-state index in [2.05, 4.69) is 0 Å². The predicted octanol–water partition coefficient (Wildman–Crippen LogP) is 5.62. The molecule has 1 aliphatic rings. The van der Waals surface area contributed by atoms with E-state index in [1.165, 1.54) is 17.6 Å². The Bertz CT molecular complexity index is 1400. The summed E-state index contributed by atoms with van der Waals surface area (Å²) < 4.78 is 46.6. The summed E-state index contributed by atoms with van der Waals surface area (Å²) in [5.74, 6) is -1.14. The first kappa shape index (κ1) is 28.6. The molecule has 9 heteroatoms. The van der Waals surface area contributed by atoms with Crippen molar-refractivity contribution >= 4 is 23.3 Å². The second kappa shape index (κ2) is 12.6. The molecule has 1 N–H and O–H groups in total. The molecule has 0 aromatic heterocycles. The molecule has 0 saturated carbocycles. The lowest BCUT2D eigenvalue weighted by Crippen LogP contribution is -2.54. The van der Waals surface area contributed by atoms with E-state index in [4.69, 9.17) is 4.74 Å². The van der Waals surface area contributed by atoms with E-state index in [0.717, 1.165) is 24.0 Å². The maximum absolute atomic E-state index is 13.5. The lowest BCUT2D eigenvalue weighted by molar-refractivity contribution is -0.538. The summed E-state index contributed by atoms with van der Waals surface area (Å²) in [6.45, 7) is 1.28. The van der Waals surface area contributed by atoms with Gasteiger partial charge < -0.3 is 14.7 Å². The molecule has 0 radical (unpaired) electrons. The van der Waals surface area contributed by atoms with Crippen LogP contribution in [0.5, 0.6) is 0 Å². The van der Waals surface area contributed by atoms with E-state index in [9.17, 15) is 27.9 Å². The maximum Gasteiger partial charge on any atom is 0.416 e. The molecule has 0 unspecified atom stereocenters. The van der Waals surface area contributed by atoms with Gasteiger partial charge in [0, 0.05) is 13.5 Å². The van der Waals surface area contributed by atoms with Crippen LogP contribution in [-0.4, -0.2) is 51.5 Å². The molecule has 1 heterocycles. The quantitative estimate of drug-likeness (QED) is 0.171. The number of hydrogen-bond donors (Lipinski definition) is 1. The van der Waals surface area contributed by atoms with E-state index in [-0.39, 0.29) is 37.0 Å². The molecule has 3 aromatic carbocycles. The van der Waals surface area contributed by atoms with Crippen LogP contribution in [0.25, 0.3) is 5.57 Å². The largest absolute Gasteiger partial charge is 0.460 e. The third kappa shape index (κ3) is 7.37. The fraction of sp³-hybridized carbons (Fsp3) is 0.258. The Morgan fingerprint density at radius 3 is 2.33 bits per heavy atom. The monoisotopic (exact) mass is 551 g/mol. The molecule has 1 atom stereocenters. The first-order valence-electron chi connectivity index (χ1n) is 12.9. The fourth-order valence-electron chi connectivity index (χ4n) is 4.70. The standard InChI is InChI=1S/C31H29F3N2O4/c1-22(37)40-21-28(25-12-6-3-7-13-25)30(39)35-19-27(16-15-23-9-4-2-5-10-23)36(29(38)20-35)18-24-11-8-14-26(17-24)31(32,33)34/h2-14,17,21,27H,15-16,18-20H2,1H3/p+1/t27-/m0/s1. The Labute approximate surface area is 230 Å². The average molecular weight is 552 g/mol. The number of aliphatic hydroxyl groups is 1. The minimum absolute atomic E-state index is 0.00560. The van der Waals surface area contributed by atoms with Gasteiger partial charge >= 0.3 is 18.0 Å². The maximum atomic E-state index is 13.5. The van der Waals surface area contributed by atoms with Crippen molar-refractivity contribution in [3.8, 4) is 0 Å². The Hall–Kier alpha value is -4.40. The van der Waals surface area contributed by atoms with Crippen molar-refractivity contribution in [2.24, 2.45) is 0 Å². The average Bonchev–Trinajstić information content (AvgIpc) is 2.94. The number of ether oxygens (including phenoxy) is 1. The Morgan fingerprint density at radius 1 is 1.02 bits per heavy atom. The van der Waals surface area contributed by atoms with Crippen LogP contribution in [0.2, 0.25) is 0 Å². The van der Waals surface area contributed by atoms with Crippen molar-refractivity contribution in [3.63, 3.8) is 0 Å². The van der Waals surface area contributed by atoms with Crippen molar-refractivity contribution in [1.29, 1.82) is 0 Å². The third-order valence-corrected chi connectivity index (χ3v) is 6.70. The van der Waals surface area contributed by atoms with Crippen LogP contribution in [0.1, 0.15) is 35.6 Å². The van der Waals surface area contributed by atoms with E-state index in [1.54, 1.807) is 41.3 Å². The number of alkyl halides is 3. The first-order chi connectivity index (χ1) is 19.1. The second-order valence-electron chi connectivity index (χ2n) is 9.61. The molecule has 3 aromatic rings. The van der Waals surface area contributed by atoms with Gasteiger partial charge in [-0.05, 0) is 41.7 Å². The molecule has 0 aliphatic carbocycles. The van der Waals surface area contributed by atoms with Crippen molar-refractivity contribution in [3.05, 3.63) is 113 Å². The number of benzene rings is 3. The first-order valence-corrected chi connectivity index (χ1v) is 12.9. The minimum Gasteiger partial charge on any atom is -0.460 e. The van der Waals surface area contributed by atoms with Gasteiger partial charge in [0.15, 0.2) is 6.54 Å². The highest BCUT2D eigenvalue weighted by Gasteiger charge is 2.38. The molecule has 1 amide bonds. The third-order valence-electron chi connectivity index (χ3n) is 6.70. The van der Waals surface area contributed by atoms with Gasteiger partial charge in [0.25, 0.3) is 5.91 Å². The number of carbonyl (C=O) groups is 2. The van der Waals surface area contributed by atoms with Crippen molar-refractivity contribution in [2.45, 2.75) is 38.5 Å². The summed E-state index contributed by atoms with van der Waals surface area (Å²) in [6.07, 6.45) is -2.19. The predicted molar refractivity (Wildman–Crippen MR) is 144 cm³/mol. The number of amides is 1. The van der Waals surface area contributed by atoms with E-state index < -0.39 is 23.8 Å². The number of halogens is 3. The van der Waals surface area contributed by atoms with Gasteiger partial charge in [0.2, 0.25) is 6.54 Å². The number of aliphatic hydroxyl groups excluding tert-OH is 1. The molecule has 1 fully saturated rings. The van der Waals surface area contributed by atoms with Crippen molar-refractivity contribution in [1.82, 2.24) is 4.90 Å². The molecular formula is C31H30F3N2O4+. The van der Waals surface area contributed by atoms with Gasteiger partial charge in [-0.25, -0.2) is 0 Å². The topological polar surface area (TPSA) is 69.8 Å².